The highest BCUT2D eigenvalue weighted by molar-refractivity contribution is 6.01. The number of benzene rings is 3. The van der Waals surface area contributed by atoms with Crippen molar-refractivity contribution in [3.05, 3.63) is 84.4 Å². The van der Waals surface area contributed by atoms with Crippen molar-refractivity contribution < 1.29 is 33.6 Å². The van der Waals surface area contributed by atoms with E-state index in [1.807, 2.05) is 6.07 Å². The maximum Gasteiger partial charge on any atom is 0.412 e. The molecule has 0 saturated heterocycles. The molecule has 1 aliphatic rings. The molecule has 10 heteroatoms. The molecule has 0 spiro atoms. The smallest absolute Gasteiger partial charge is 0.412 e. The van der Waals surface area contributed by atoms with Crippen molar-refractivity contribution in [3.8, 4) is 17.2 Å². The Kier molecular flexibility index (Phi) is 9.63. The van der Waals surface area contributed by atoms with E-state index in [0.29, 0.717) is 53.6 Å². The summed E-state index contributed by atoms with van der Waals surface area (Å²) in [5, 5.41) is 14.5. The zero-order chi connectivity index (χ0) is 27.5. The van der Waals surface area contributed by atoms with Crippen LogP contribution in [0.15, 0.2) is 78.9 Å². The predicted octanol–water partition coefficient (Wildman–Crippen LogP) is 5.02. The summed E-state index contributed by atoms with van der Waals surface area (Å²) >= 11 is 0. The van der Waals surface area contributed by atoms with Gasteiger partial charge in [0.25, 0.3) is 0 Å². The second-order valence-corrected chi connectivity index (χ2v) is 8.64. The first-order valence-corrected chi connectivity index (χ1v) is 12.5. The van der Waals surface area contributed by atoms with Gasteiger partial charge in [-0.2, -0.15) is 0 Å². The van der Waals surface area contributed by atoms with Crippen LogP contribution in [0.4, 0.5) is 21.9 Å². The lowest BCUT2D eigenvalue weighted by molar-refractivity contribution is -0.111. The normalized spacial score (nSPS) is 12.6. The number of unbranched alkanes of at least 4 members (excludes halogenated alkanes) is 1. The van der Waals surface area contributed by atoms with E-state index in [0.717, 1.165) is 5.56 Å². The van der Waals surface area contributed by atoms with E-state index in [2.05, 4.69) is 10.6 Å². The minimum Gasteiger partial charge on any atom is -0.491 e. The average molecular weight is 534 g/mol. The van der Waals surface area contributed by atoms with Crippen LogP contribution in [-0.4, -0.2) is 37.1 Å². The first-order chi connectivity index (χ1) is 19.0. The summed E-state index contributed by atoms with van der Waals surface area (Å²) in [4.78, 5) is 25.0. The molecule has 4 rings (SSSR count). The summed E-state index contributed by atoms with van der Waals surface area (Å²) in [6, 6.07) is 19.3. The first-order valence-electron chi connectivity index (χ1n) is 12.5. The number of para-hydroxylation sites is 2. The molecular formula is C29H31N3O7. The fourth-order valence-electron chi connectivity index (χ4n) is 3.91. The van der Waals surface area contributed by atoms with Gasteiger partial charge < -0.3 is 35.1 Å². The molecule has 1 heterocycles. The number of ether oxygens (including phenoxy) is 4. The fraction of sp³-hybridized carbons (Fsp3) is 0.241. The summed E-state index contributed by atoms with van der Waals surface area (Å²) in [7, 11) is 0. The maximum absolute atomic E-state index is 12.8. The Morgan fingerprint density at radius 2 is 1.87 bits per heavy atom. The van der Waals surface area contributed by atoms with Gasteiger partial charge in [-0.25, -0.2) is 4.79 Å². The third kappa shape index (κ3) is 8.14. The zero-order valence-electron chi connectivity index (χ0n) is 21.3. The van der Waals surface area contributed by atoms with Crippen LogP contribution < -0.4 is 30.6 Å². The van der Waals surface area contributed by atoms with Crippen LogP contribution in [0.3, 0.4) is 0 Å². The zero-order valence-corrected chi connectivity index (χ0v) is 21.3. The quantitative estimate of drug-likeness (QED) is 0.144. The van der Waals surface area contributed by atoms with Crippen LogP contribution in [0.25, 0.3) is 0 Å². The third-order valence-electron chi connectivity index (χ3n) is 5.78. The molecule has 1 aliphatic heterocycles. The lowest BCUT2D eigenvalue weighted by Gasteiger charge is -2.19. The Bertz CT molecular complexity index is 1310. The van der Waals surface area contributed by atoms with Crippen molar-refractivity contribution in [2.75, 3.05) is 36.4 Å². The minimum atomic E-state index is -0.629. The number of nitrogen functional groups attached to an aromatic ring is 1. The van der Waals surface area contributed by atoms with E-state index < -0.39 is 12.2 Å². The number of rotatable bonds is 12. The van der Waals surface area contributed by atoms with Crippen LogP contribution >= 0.6 is 0 Å². The van der Waals surface area contributed by atoms with Crippen LogP contribution in [0.2, 0.25) is 0 Å². The Balaban J connectivity index is 1.36. The van der Waals surface area contributed by atoms with Gasteiger partial charge in [0, 0.05) is 11.8 Å². The Morgan fingerprint density at radius 1 is 1.03 bits per heavy atom. The molecule has 0 unspecified atom stereocenters. The fourth-order valence-corrected chi connectivity index (χ4v) is 3.91. The number of carbonyl (C=O) groups is 2. The molecule has 10 nitrogen and oxygen atoms in total. The topological polar surface area (TPSA) is 141 Å². The first kappa shape index (κ1) is 27.3. The molecular weight excluding hydrogens is 502 g/mol. The molecule has 0 bridgehead atoms. The molecule has 0 saturated carbocycles. The summed E-state index contributed by atoms with van der Waals surface area (Å²) in [6.07, 6.45) is 3.73. The van der Waals surface area contributed by atoms with E-state index >= 15 is 0 Å². The molecule has 3 aromatic carbocycles. The number of anilines is 3. The molecule has 3 aromatic rings. The number of aliphatic hydroxyl groups excluding tert-OH is 1. The average Bonchev–Trinajstić information content (AvgIpc) is 3.40. The van der Waals surface area contributed by atoms with E-state index in [1.54, 1.807) is 66.7 Å². The third-order valence-corrected chi connectivity index (χ3v) is 5.78. The molecule has 0 radical (unpaired) electrons. The molecule has 5 N–H and O–H groups in total. The number of aliphatic hydroxyl groups is 1. The highest BCUT2D eigenvalue weighted by Gasteiger charge is 2.19. The maximum atomic E-state index is 12.8. The molecule has 2 amide bonds. The summed E-state index contributed by atoms with van der Waals surface area (Å²) in [5.74, 6) is 1.44. The molecule has 0 aliphatic carbocycles. The van der Waals surface area contributed by atoms with E-state index in [1.165, 1.54) is 6.08 Å². The van der Waals surface area contributed by atoms with Crippen molar-refractivity contribution in [1.29, 1.82) is 0 Å². The van der Waals surface area contributed by atoms with Crippen LogP contribution in [0.5, 0.6) is 17.2 Å². The van der Waals surface area contributed by atoms with Gasteiger partial charge in [-0.15, -0.1) is 0 Å². The van der Waals surface area contributed by atoms with Gasteiger partial charge in [0.15, 0.2) is 11.5 Å². The monoisotopic (exact) mass is 533 g/mol. The number of fused-ring (bicyclic) bond motifs is 1. The van der Waals surface area contributed by atoms with Crippen LogP contribution in [-0.2, 0) is 9.53 Å². The van der Waals surface area contributed by atoms with E-state index in [4.69, 9.17) is 29.8 Å². The number of allylic oxidation sites excluding steroid dienone is 1. The van der Waals surface area contributed by atoms with Crippen molar-refractivity contribution in [1.82, 2.24) is 0 Å². The summed E-state index contributed by atoms with van der Waals surface area (Å²) < 4.78 is 22.0. The summed E-state index contributed by atoms with van der Waals surface area (Å²) in [6.45, 7) is 0.177. The number of nitrogens with one attached hydrogen (secondary N) is 2. The van der Waals surface area contributed by atoms with Crippen LogP contribution in [0.1, 0.15) is 30.9 Å². The lowest BCUT2D eigenvalue weighted by Crippen LogP contribution is -2.18. The van der Waals surface area contributed by atoms with Gasteiger partial charge in [-0.3, -0.25) is 10.1 Å². The second-order valence-electron chi connectivity index (χ2n) is 8.64. The van der Waals surface area contributed by atoms with Gasteiger partial charge in [-0.1, -0.05) is 30.3 Å². The van der Waals surface area contributed by atoms with Crippen LogP contribution in [0, 0.1) is 0 Å². The second kappa shape index (κ2) is 13.7. The van der Waals surface area contributed by atoms with Crippen molar-refractivity contribution in [2.24, 2.45) is 0 Å². The highest BCUT2D eigenvalue weighted by Crippen LogP contribution is 2.34. The van der Waals surface area contributed by atoms with Gasteiger partial charge in [0.1, 0.15) is 18.5 Å². The molecule has 0 aromatic heterocycles. The van der Waals surface area contributed by atoms with Gasteiger partial charge >= 0.3 is 6.09 Å². The number of hydrogen-bond donors (Lipinski definition) is 4. The number of amides is 2. The number of hydrogen-bond acceptors (Lipinski definition) is 8. The molecule has 39 heavy (non-hydrogen) atoms. The lowest BCUT2D eigenvalue weighted by atomic mass is 10.0. The molecule has 204 valence electrons. The van der Waals surface area contributed by atoms with E-state index in [9.17, 15) is 9.59 Å². The van der Waals surface area contributed by atoms with Crippen molar-refractivity contribution in [2.45, 2.75) is 25.4 Å². The predicted molar refractivity (Wildman–Crippen MR) is 147 cm³/mol. The number of nitrogens with two attached hydrogens (primary N) is 1. The molecule has 1 atom stereocenters. The summed E-state index contributed by atoms with van der Waals surface area (Å²) in [5.41, 5.74) is 8.16. The van der Waals surface area contributed by atoms with Gasteiger partial charge in [-0.05, 0) is 67.3 Å². The van der Waals surface area contributed by atoms with E-state index in [-0.39, 0.29) is 25.9 Å². The van der Waals surface area contributed by atoms with Gasteiger partial charge in [0.05, 0.1) is 18.0 Å². The highest BCUT2D eigenvalue weighted by atomic mass is 16.7. The van der Waals surface area contributed by atoms with Crippen molar-refractivity contribution >= 4 is 29.1 Å². The van der Waals surface area contributed by atoms with Gasteiger partial charge in [0.2, 0.25) is 12.7 Å². The Labute approximate surface area is 226 Å². The number of carbonyl (C=O) groups excluding carboxylic acids is 2. The SMILES string of the molecule is Nc1ccccc1NC(=O)/C=C/CCC[C@H](OC(=O)Nc1ccc2c(c1)OCO2)c1cccc(OCCO)c1. The molecule has 0 fully saturated rings. The Hall–Kier alpha value is -4.70. The standard InChI is InChI=1S/C29H31N3O7/c30-23-9-4-5-10-24(23)32-28(34)12-3-1-2-11-25(20-7-6-8-22(17-20)36-16-15-33)39-29(35)31-21-13-14-26-27(18-21)38-19-37-26/h3-10,12-14,17-18,25,33H,1-2,11,15-16,19,30H2,(H,31,35)(H,32,34)/b12-3+/t25-/m0/s1. The largest absolute Gasteiger partial charge is 0.491 e. The Morgan fingerprint density at radius 3 is 2.72 bits per heavy atom. The minimum absolute atomic E-state index is 0.112. The van der Waals surface area contributed by atoms with Crippen molar-refractivity contribution in [3.63, 3.8) is 0 Å².